The van der Waals surface area contributed by atoms with E-state index in [0.29, 0.717) is 35.1 Å². The molecule has 11 heteroatoms. The van der Waals surface area contributed by atoms with Crippen molar-refractivity contribution < 1.29 is 26.4 Å². The molecule has 39 heavy (non-hydrogen) atoms. The van der Waals surface area contributed by atoms with Gasteiger partial charge in [-0.05, 0) is 67.1 Å². The number of aromatic nitrogens is 1. The van der Waals surface area contributed by atoms with Gasteiger partial charge in [0.1, 0.15) is 11.3 Å². The number of pyridine rings is 1. The second kappa shape index (κ2) is 9.86. The average molecular weight is 560 g/mol. The van der Waals surface area contributed by atoms with Gasteiger partial charge in [-0.3, -0.25) is 9.59 Å². The van der Waals surface area contributed by atoms with Crippen LogP contribution in [-0.2, 0) is 16.0 Å². The molecule has 0 saturated heterocycles. The van der Waals surface area contributed by atoms with Crippen LogP contribution in [0.1, 0.15) is 76.5 Å². The molecule has 1 fully saturated rings. The summed E-state index contributed by atoms with van der Waals surface area (Å²) in [5.41, 5.74) is -1.25. The highest BCUT2D eigenvalue weighted by molar-refractivity contribution is 7.91. The molecule has 1 aromatic heterocycles. The highest BCUT2D eigenvalue weighted by atomic mass is 32.2. The lowest BCUT2D eigenvalue weighted by Gasteiger charge is -2.29. The summed E-state index contributed by atoms with van der Waals surface area (Å²) in [6.07, 6.45) is -0.725. The maximum Gasteiger partial charge on any atom is 0.433 e. The molecular weight excluding hydrogens is 531 g/mol. The van der Waals surface area contributed by atoms with Crippen LogP contribution in [-0.4, -0.2) is 25.4 Å². The number of amides is 1. The quantitative estimate of drug-likeness (QED) is 0.396. The number of rotatable bonds is 4. The Balaban J connectivity index is 1.57. The van der Waals surface area contributed by atoms with E-state index < -0.39 is 44.8 Å². The summed E-state index contributed by atoms with van der Waals surface area (Å²) >= 11 is 0. The number of anilines is 1. The Hall–Kier alpha value is -3.60. The Labute approximate surface area is 223 Å². The highest BCUT2D eigenvalue weighted by Gasteiger charge is 2.39. The van der Waals surface area contributed by atoms with Crippen molar-refractivity contribution in [2.75, 3.05) is 5.32 Å². The Morgan fingerprint density at radius 1 is 0.923 bits per heavy atom. The molecule has 0 atom stereocenters. The Kier molecular flexibility index (Phi) is 6.82. The number of benzene rings is 2. The van der Waals surface area contributed by atoms with Gasteiger partial charge < -0.3 is 15.6 Å². The molecule has 0 spiro atoms. The maximum absolute atomic E-state index is 13.8. The van der Waals surface area contributed by atoms with Gasteiger partial charge in [0, 0.05) is 6.04 Å². The minimum Gasteiger partial charge on any atom is -0.381 e. The predicted molar refractivity (Wildman–Crippen MR) is 140 cm³/mol. The van der Waals surface area contributed by atoms with Crippen molar-refractivity contribution in [1.29, 1.82) is 0 Å². The monoisotopic (exact) mass is 559 g/mol. The first-order chi connectivity index (χ1) is 18.4. The number of halogens is 3. The lowest BCUT2D eigenvalue weighted by atomic mass is 9.95. The molecule has 2 heterocycles. The first-order valence-corrected chi connectivity index (χ1v) is 14.2. The molecular formula is C28H28F3N3O4S. The molecule has 3 aromatic rings. The lowest BCUT2D eigenvalue weighted by molar-refractivity contribution is -0.140. The van der Waals surface area contributed by atoms with Gasteiger partial charge in [0.25, 0.3) is 11.5 Å². The van der Waals surface area contributed by atoms with Crippen molar-refractivity contribution in [3.63, 3.8) is 0 Å². The highest BCUT2D eigenvalue weighted by Crippen LogP contribution is 2.41. The van der Waals surface area contributed by atoms with E-state index in [2.05, 4.69) is 10.6 Å². The van der Waals surface area contributed by atoms with E-state index in [1.165, 1.54) is 12.1 Å². The first-order valence-electron chi connectivity index (χ1n) is 12.7. The Bertz CT molecular complexity index is 1560. The van der Waals surface area contributed by atoms with Crippen molar-refractivity contribution in [1.82, 2.24) is 10.3 Å². The van der Waals surface area contributed by atoms with Crippen molar-refractivity contribution in [3.8, 4) is 0 Å². The molecule has 5 rings (SSSR count). The summed E-state index contributed by atoms with van der Waals surface area (Å²) in [6, 6.07) is 9.45. The van der Waals surface area contributed by atoms with Gasteiger partial charge in [0.2, 0.25) is 9.84 Å². The molecule has 1 amide bonds. The van der Waals surface area contributed by atoms with Crippen LogP contribution in [0, 0.1) is 13.8 Å². The summed E-state index contributed by atoms with van der Waals surface area (Å²) in [4.78, 5) is 28.1. The standard InChI is InChI=1S/C28H28F3N3O4S/c1-15-8-10-18-22(12-15)39(37,38)23-13-16(2)9-11-19(23)24(18)33-26(35)20-14-21(32-17-6-4-3-5-7-17)25(28(29,30)31)34-27(20)36/h8-14,17,24,32H,3-7H2,1-2H3,(H,33,35)(H,34,36). The fourth-order valence-corrected chi connectivity index (χ4v) is 7.29. The normalized spacial score (nSPS) is 17.3. The van der Waals surface area contributed by atoms with E-state index in [-0.39, 0.29) is 21.5 Å². The van der Waals surface area contributed by atoms with Gasteiger partial charge in [-0.25, -0.2) is 8.42 Å². The number of alkyl halides is 3. The number of aryl methyl sites for hydroxylation is 2. The number of sulfone groups is 1. The van der Waals surface area contributed by atoms with E-state index >= 15 is 0 Å². The molecule has 0 unspecified atom stereocenters. The molecule has 3 N–H and O–H groups in total. The van der Waals surface area contributed by atoms with Gasteiger partial charge in [-0.15, -0.1) is 0 Å². The second-order valence-electron chi connectivity index (χ2n) is 10.3. The Morgan fingerprint density at radius 3 is 2.03 bits per heavy atom. The fourth-order valence-electron chi connectivity index (χ4n) is 5.38. The zero-order valence-corrected chi connectivity index (χ0v) is 22.2. The van der Waals surface area contributed by atoms with Crippen molar-refractivity contribution in [2.45, 2.75) is 74.0 Å². The predicted octanol–water partition coefficient (Wildman–Crippen LogP) is 5.42. The van der Waals surface area contributed by atoms with Crippen molar-refractivity contribution >= 4 is 21.4 Å². The Morgan fingerprint density at radius 2 is 1.49 bits per heavy atom. The molecule has 1 aliphatic carbocycles. The van der Waals surface area contributed by atoms with E-state index in [1.54, 1.807) is 38.1 Å². The third-order valence-corrected chi connectivity index (χ3v) is 9.21. The second-order valence-corrected chi connectivity index (χ2v) is 12.2. The van der Waals surface area contributed by atoms with Gasteiger partial charge >= 0.3 is 6.18 Å². The SMILES string of the molecule is Cc1ccc2c(c1)S(=O)(=O)c1cc(C)ccc1C2NC(=O)c1cc(NC2CCCCC2)c(C(F)(F)F)[nH]c1=O. The van der Waals surface area contributed by atoms with Crippen LogP contribution in [0.15, 0.2) is 57.1 Å². The number of aromatic amines is 1. The van der Waals surface area contributed by atoms with Gasteiger partial charge in [-0.1, -0.05) is 43.5 Å². The van der Waals surface area contributed by atoms with Crippen molar-refractivity contribution in [3.05, 3.63) is 86.3 Å². The van der Waals surface area contributed by atoms with Crippen LogP contribution < -0.4 is 16.2 Å². The van der Waals surface area contributed by atoms with E-state index in [1.807, 2.05) is 4.98 Å². The summed E-state index contributed by atoms with van der Waals surface area (Å²) in [6.45, 7) is 3.50. The molecule has 7 nitrogen and oxygen atoms in total. The number of hydrogen-bond donors (Lipinski definition) is 3. The van der Waals surface area contributed by atoms with E-state index in [0.717, 1.165) is 25.3 Å². The zero-order valence-electron chi connectivity index (χ0n) is 21.4. The fraction of sp³-hybridized carbons (Fsp3) is 0.357. The number of fused-ring (bicyclic) bond motifs is 2. The maximum atomic E-state index is 13.8. The molecule has 2 aliphatic rings. The van der Waals surface area contributed by atoms with Gasteiger partial charge in [0.15, 0.2) is 0 Å². The third kappa shape index (κ3) is 5.07. The van der Waals surface area contributed by atoms with Crippen LogP contribution in [0.4, 0.5) is 18.9 Å². The lowest BCUT2D eigenvalue weighted by Crippen LogP contribution is -2.37. The van der Waals surface area contributed by atoms with Crippen LogP contribution in [0.3, 0.4) is 0 Å². The number of nitrogens with one attached hydrogen (secondary N) is 3. The third-order valence-electron chi connectivity index (χ3n) is 7.35. The molecule has 0 bridgehead atoms. The number of carbonyl (C=O) groups is 1. The largest absolute Gasteiger partial charge is 0.433 e. The average Bonchev–Trinajstić information content (AvgIpc) is 2.87. The van der Waals surface area contributed by atoms with E-state index in [9.17, 15) is 31.2 Å². The number of carbonyl (C=O) groups excluding carboxylic acids is 1. The van der Waals surface area contributed by atoms with Crippen LogP contribution in [0.5, 0.6) is 0 Å². The first kappa shape index (κ1) is 27.0. The smallest absolute Gasteiger partial charge is 0.381 e. The van der Waals surface area contributed by atoms with Gasteiger partial charge in [0.05, 0.1) is 21.5 Å². The van der Waals surface area contributed by atoms with Crippen LogP contribution in [0.2, 0.25) is 0 Å². The zero-order chi connectivity index (χ0) is 28.1. The van der Waals surface area contributed by atoms with Crippen molar-refractivity contribution in [2.24, 2.45) is 0 Å². The number of H-pyrrole nitrogens is 1. The minimum atomic E-state index is -4.84. The van der Waals surface area contributed by atoms with E-state index in [4.69, 9.17) is 0 Å². The summed E-state index contributed by atoms with van der Waals surface area (Å²) in [7, 11) is -3.89. The minimum absolute atomic E-state index is 0.0342. The summed E-state index contributed by atoms with van der Waals surface area (Å²) < 4.78 is 68.2. The van der Waals surface area contributed by atoms with Crippen LogP contribution >= 0.6 is 0 Å². The molecule has 1 saturated carbocycles. The topological polar surface area (TPSA) is 108 Å². The molecule has 2 aromatic carbocycles. The van der Waals surface area contributed by atoms with Crippen LogP contribution in [0.25, 0.3) is 0 Å². The number of hydrogen-bond acceptors (Lipinski definition) is 5. The molecule has 0 radical (unpaired) electrons. The van der Waals surface area contributed by atoms with Gasteiger partial charge in [-0.2, -0.15) is 13.2 Å². The molecule has 1 aliphatic heterocycles. The molecule has 206 valence electrons. The summed E-state index contributed by atoms with van der Waals surface area (Å²) in [5, 5.41) is 5.61. The summed E-state index contributed by atoms with van der Waals surface area (Å²) in [5.74, 6) is -0.918.